The van der Waals surface area contributed by atoms with Gasteiger partial charge in [0.25, 0.3) is 5.91 Å². The van der Waals surface area contributed by atoms with Crippen molar-refractivity contribution in [3.8, 4) is 5.75 Å². The van der Waals surface area contributed by atoms with Crippen LogP contribution < -0.4 is 20.3 Å². The highest BCUT2D eigenvalue weighted by molar-refractivity contribution is 5.95. The van der Waals surface area contributed by atoms with E-state index in [4.69, 9.17) is 4.74 Å². The van der Waals surface area contributed by atoms with Crippen LogP contribution in [0.2, 0.25) is 0 Å². The van der Waals surface area contributed by atoms with E-state index in [2.05, 4.69) is 25.8 Å². The van der Waals surface area contributed by atoms with E-state index in [1.807, 2.05) is 43.1 Å². The Hall–Kier alpha value is -4.61. The first-order chi connectivity index (χ1) is 17.9. The molecule has 1 amide bonds. The number of methoxy groups -OCH3 is 1. The molecular weight excluding hydrogens is 476 g/mol. The first kappa shape index (κ1) is 24.1. The summed E-state index contributed by atoms with van der Waals surface area (Å²) in [6, 6.07) is 9.70. The monoisotopic (exact) mass is 504 g/mol. The van der Waals surface area contributed by atoms with Crippen LogP contribution in [-0.2, 0) is 13.1 Å². The molecule has 3 N–H and O–H groups in total. The second-order valence-electron chi connectivity index (χ2n) is 8.92. The third-order valence-electron chi connectivity index (χ3n) is 6.13. The predicted molar refractivity (Wildman–Crippen MR) is 137 cm³/mol. The van der Waals surface area contributed by atoms with Gasteiger partial charge in [-0.3, -0.25) is 9.48 Å². The van der Waals surface area contributed by atoms with Gasteiger partial charge in [-0.1, -0.05) is 12.1 Å². The fraction of sp³-hybridized carbons (Fsp3) is 0.320. The summed E-state index contributed by atoms with van der Waals surface area (Å²) in [4.78, 5) is 31.2. The second kappa shape index (κ2) is 9.80. The van der Waals surface area contributed by atoms with Crippen molar-refractivity contribution in [1.82, 2.24) is 29.7 Å². The summed E-state index contributed by atoms with van der Waals surface area (Å²) < 4.78 is 8.28. The average Bonchev–Trinajstić information content (AvgIpc) is 3.44. The highest BCUT2D eigenvalue weighted by atomic mass is 16.5. The van der Waals surface area contributed by atoms with E-state index in [1.165, 1.54) is 15.4 Å². The van der Waals surface area contributed by atoms with Gasteiger partial charge in [-0.2, -0.15) is 5.10 Å². The predicted octanol–water partition coefficient (Wildman–Crippen LogP) is 2.92. The van der Waals surface area contributed by atoms with E-state index in [9.17, 15) is 14.7 Å². The molecule has 1 saturated carbocycles. The zero-order chi connectivity index (χ0) is 26.1. The number of fused-ring (bicyclic) bond motifs is 1. The van der Waals surface area contributed by atoms with Gasteiger partial charge in [-0.25, -0.2) is 14.3 Å². The third-order valence-corrected chi connectivity index (χ3v) is 6.13. The number of hydrogen-bond acceptors (Lipinski definition) is 8. The molecule has 3 aromatic heterocycles. The number of imidazole rings is 1. The number of hydrogen-bond donors (Lipinski definition) is 3. The number of nitrogens with one attached hydrogen (secondary N) is 2. The molecule has 37 heavy (non-hydrogen) atoms. The van der Waals surface area contributed by atoms with E-state index in [-0.39, 0.29) is 17.6 Å². The minimum Gasteiger partial charge on any atom is -0.497 e. The molecule has 1 aliphatic carbocycles. The molecule has 0 unspecified atom stereocenters. The number of aryl methyl sites for hydroxylation is 1. The smallest absolute Gasteiger partial charge is 0.358 e. The van der Waals surface area contributed by atoms with Gasteiger partial charge < -0.3 is 25.4 Å². The molecule has 0 radical (unpaired) electrons. The summed E-state index contributed by atoms with van der Waals surface area (Å²) in [5, 5.41) is 24.4. The summed E-state index contributed by atoms with van der Waals surface area (Å²) in [6.45, 7) is 2.93. The Labute approximate surface area is 212 Å². The Morgan fingerprint density at radius 1 is 1.22 bits per heavy atom. The average molecular weight is 505 g/mol. The lowest BCUT2D eigenvalue weighted by atomic mass is 10.2. The standard InChI is InChI=1S/C25H28N8O4/c1-4-32-14-18(22(30-32)25(35)36)28-21-11-19(31(2)13-15-5-9-17(37-3)10-6-15)23-26-12-20(33(23)29-21)24(34)27-16-7-8-16/h5-6,9-12,14,16H,4,7-8,13H2,1-3H3,(H,27,34)(H,28,29)(H,35,36). The fourth-order valence-corrected chi connectivity index (χ4v) is 4.00. The molecule has 4 aromatic rings. The van der Waals surface area contributed by atoms with Gasteiger partial charge in [0.05, 0.1) is 24.7 Å². The maximum Gasteiger partial charge on any atom is 0.358 e. The van der Waals surface area contributed by atoms with Gasteiger partial charge in [0.1, 0.15) is 5.75 Å². The molecule has 1 fully saturated rings. The molecule has 12 heteroatoms. The van der Waals surface area contributed by atoms with E-state index in [1.54, 1.807) is 19.4 Å². The topological polar surface area (TPSA) is 139 Å². The van der Waals surface area contributed by atoms with Crippen LogP contribution >= 0.6 is 0 Å². The highest BCUT2D eigenvalue weighted by Crippen LogP contribution is 2.28. The maximum atomic E-state index is 12.9. The van der Waals surface area contributed by atoms with Crippen molar-refractivity contribution < 1.29 is 19.4 Å². The summed E-state index contributed by atoms with van der Waals surface area (Å²) in [5.41, 5.74) is 2.74. The molecule has 1 aliphatic rings. The summed E-state index contributed by atoms with van der Waals surface area (Å²) in [5.74, 6) is -0.292. The molecule has 3 heterocycles. The lowest BCUT2D eigenvalue weighted by Gasteiger charge is -2.21. The van der Waals surface area contributed by atoms with Crippen LogP contribution in [0.5, 0.6) is 5.75 Å². The molecule has 0 saturated heterocycles. The first-order valence-corrected chi connectivity index (χ1v) is 12.0. The molecule has 192 valence electrons. The summed E-state index contributed by atoms with van der Waals surface area (Å²) in [6.07, 6.45) is 5.03. The molecule has 0 spiro atoms. The van der Waals surface area contributed by atoms with Gasteiger partial charge in [-0.05, 0) is 37.5 Å². The van der Waals surface area contributed by atoms with Crippen LogP contribution in [0.1, 0.15) is 46.3 Å². The number of anilines is 3. The normalized spacial score (nSPS) is 12.9. The zero-order valence-corrected chi connectivity index (χ0v) is 20.8. The minimum atomic E-state index is -1.15. The van der Waals surface area contributed by atoms with Gasteiger partial charge in [0, 0.05) is 38.4 Å². The maximum absolute atomic E-state index is 12.9. The number of aromatic nitrogens is 5. The lowest BCUT2D eigenvalue weighted by Crippen LogP contribution is -2.27. The van der Waals surface area contributed by atoms with Crippen molar-refractivity contribution in [3.63, 3.8) is 0 Å². The van der Waals surface area contributed by atoms with Crippen LogP contribution in [0.3, 0.4) is 0 Å². The third kappa shape index (κ3) is 5.03. The van der Waals surface area contributed by atoms with Crippen LogP contribution in [0.25, 0.3) is 5.65 Å². The lowest BCUT2D eigenvalue weighted by molar-refractivity contribution is 0.0690. The SMILES string of the molecule is CCn1cc(Nc2cc(N(C)Cc3ccc(OC)cc3)c3ncc(C(=O)NC4CC4)n3n2)c(C(=O)O)n1. The van der Waals surface area contributed by atoms with Gasteiger partial charge in [-0.15, -0.1) is 5.10 Å². The molecule has 0 bridgehead atoms. The molecule has 0 atom stereocenters. The number of amides is 1. The molecule has 0 aliphatic heterocycles. The molecular formula is C25H28N8O4. The Kier molecular flexibility index (Phi) is 6.38. The number of carboxylic acids is 1. The summed E-state index contributed by atoms with van der Waals surface area (Å²) in [7, 11) is 3.54. The van der Waals surface area contributed by atoms with Gasteiger partial charge in [0.15, 0.2) is 22.9 Å². The van der Waals surface area contributed by atoms with Crippen molar-refractivity contribution in [3.05, 3.63) is 59.7 Å². The molecule has 5 rings (SSSR count). The van der Waals surface area contributed by atoms with Gasteiger partial charge in [0.2, 0.25) is 0 Å². The number of carbonyl (C=O) groups is 2. The fourth-order valence-electron chi connectivity index (χ4n) is 4.00. The van der Waals surface area contributed by atoms with Crippen molar-refractivity contribution in [2.45, 2.75) is 38.9 Å². The van der Waals surface area contributed by atoms with Crippen LogP contribution in [-0.4, -0.2) is 61.6 Å². The Morgan fingerprint density at radius 2 is 1.97 bits per heavy atom. The molecule has 12 nitrogen and oxygen atoms in total. The van der Waals surface area contributed by atoms with E-state index < -0.39 is 5.97 Å². The number of nitrogens with zero attached hydrogens (tertiary/aromatic N) is 6. The Bertz CT molecular complexity index is 1460. The number of ether oxygens (including phenoxy) is 1. The van der Waals surface area contributed by atoms with Gasteiger partial charge >= 0.3 is 5.97 Å². The number of benzene rings is 1. The van der Waals surface area contributed by atoms with E-state index in [0.29, 0.717) is 41.6 Å². The van der Waals surface area contributed by atoms with Crippen LogP contribution in [0.4, 0.5) is 17.2 Å². The van der Waals surface area contributed by atoms with Crippen LogP contribution in [0, 0.1) is 0 Å². The zero-order valence-electron chi connectivity index (χ0n) is 20.8. The van der Waals surface area contributed by atoms with Crippen molar-refractivity contribution in [1.29, 1.82) is 0 Å². The Balaban J connectivity index is 1.54. The van der Waals surface area contributed by atoms with Crippen molar-refractivity contribution in [2.75, 3.05) is 24.4 Å². The minimum absolute atomic E-state index is 0.116. The number of rotatable bonds is 10. The second-order valence-corrected chi connectivity index (χ2v) is 8.92. The van der Waals surface area contributed by atoms with Crippen LogP contribution in [0.15, 0.2) is 42.7 Å². The largest absolute Gasteiger partial charge is 0.497 e. The summed E-state index contributed by atoms with van der Waals surface area (Å²) >= 11 is 0. The number of aromatic carboxylic acids is 1. The Morgan fingerprint density at radius 3 is 2.62 bits per heavy atom. The number of carboxylic acid groups (broad SMARTS) is 1. The first-order valence-electron chi connectivity index (χ1n) is 12.0. The number of carbonyl (C=O) groups excluding carboxylic acids is 1. The van der Waals surface area contributed by atoms with Crippen molar-refractivity contribution in [2.24, 2.45) is 0 Å². The highest BCUT2D eigenvalue weighted by Gasteiger charge is 2.27. The van der Waals surface area contributed by atoms with Crippen molar-refractivity contribution >= 4 is 34.7 Å². The van der Waals surface area contributed by atoms with E-state index >= 15 is 0 Å². The van der Waals surface area contributed by atoms with E-state index in [0.717, 1.165) is 24.2 Å². The molecule has 1 aromatic carbocycles. The quantitative estimate of drug-likeness (QED) is 0.297.